The predicted octanol–water partition coefficient (Wildman–Crippen LogP) is 3.06. The van der Waals surface area contributed by atoms with E-state index in [4.69, 9.17) is 9.47 Å². The molecule has 2 rings (SSSR count). The number of methoxy groups -OCH3 is 2. The fraction of sp³-hybridized carbons (Fsp3) is 0.588. The smallest absolute Gasteiger partial charge is 0.170 e. The molecule has 0 aliphatic carbocycles. The van der Waals surface area contributed by atoms with Gasteiger partial charge in [-0.2, -0.15) is 0 Å². The maximum atomic E-state index is 13.1. The summed E-state index contributed by atoms with van der Waals surface area (Å²) in [7, 11) is 3.21. The standard InChI is InChI=1S/C17H25NO3/c1-4-6-17(7-5-8-18-12-17)16(19)13-9-14(20-2)11-15(10-13)21-3/h9-11,18H,4-8,12H2,1-3H3. The zero-order valence-corrected chi connectivity index (χ0v) is 13.2. The molecule has 4 heteroatoms. The van der Waals surface area contributed by atoms with Gasteiger partial charge in [-0.15, -0.1) is 0 Å². The highest BCUT2D eigenvalue weighted by Crippen LogP contribution is 2.37. The monoisotopic (exact) mass is 291 g/mol. The summed E-state index contributed by atoms with van der Waals surface area (Å²) in [4.78, 5) is 13.1. The van der Waals surface area contributed by atoms with Crippen LogP contribution in [0.2, 0.25) is 0 Å². The molecule has 116 valence electrons. The summed E-state index contributed by atoms with van der Waals surface area (Å²) in [5.41, 5.74) is 0.396. The molecule has 1 aliphatic heterocycles. The Morgan fingerprint density at radius 3 is 2.38 bits per heavy atom. The number of nitrogens with one attached hydrogen (secondary N) is 1. The second-order valence-electron chi connectivity index (χ2n) is 5.74. The molecule has 0 aromatic heterocycles. The summed E-state index contributed by atoms with van der Waals surface area (Å²) in [5, 5.41) is 3.39. The van der Waals surface area contributed by atoms with E-state index >= 15 is 0 Å². The van der Waals surface area contributed by atoms with Crippen LogP contribution in [-0.4, -0.2) is 33.1 Å². The molecule has 1 atom stereocenters. The molecule has 0 radical (unpaired) electrons. The topological polar surface area (TPSA) is 47.6 Å². The number of Topliss-reactive ketones (excluding diaryl/α,β-unsaturated/α-hetero) is 1. The Labute approximate surface area is 126 Å². The van der Waals surface area contributed by atoms with E-state index in [1.807, 2.05) is 12.1 Å². The van der Waals surface area contributed by atoms with Gasteiger partial charge < -0.3 is 14.8 Å². The third-order valence-corrected chi connectivity index (χ3v) is 4.30. The summed E-state index contributed by atoms with van der Waals surface area (Å²) in [6, 6.07) is 5.43. The van der Waals surface area contributed by atoms with Gasteiger partial charge in [0, 0.05) is 23.6 Å². The number of rotatable bonds is 6. The first-order valence-corrected chi connectivity index (χ1v) is 7.64. The van der Waals surface area contributed by atoms with Crippen molar-refractivity contribution in [3.63, 3.8) is 0 Å². The van der Waals surface area contributed by atoms with Crippen LogP contribution in [0.15, 0.2) is 18.2 Å². The average molecular weight is 291 g/mol. The first-order chi connectivity index (χ1) is 10.1. The van der Waals surface area contributed by atoms with Gasteiger partial charge in [-0.1, -0.05) is 13.3 Å². The van der Waals surface area contributed by atoms with Crippen molar-refractivity contribution in [2.45, 2.75) is 32.6 Å². The van der Waals surface area contributed by atoms with Crippen LogP contribution < -0.4 is 14.8 Å². The van der Waals surface area contributed by atoms with Gasteiger partial charge in [0.1, 0.15) is 11.5 Å². The summed E-state index contributed by atoms with van der Waals surface area (Å²) < 4.78 is 10.6. The maximum Gasteiger partial charge on any atom is 0.170 e. The highest BCUT2D eigenvalue weighted by Gasteiger charge is 2.39. The molecule has 0 spiro atoms. The van der Waals surface area contributed by atoms with Crippen molar-refractivity contribution in [2.75, 3.05) is 27.3 Å². The first kappa shape index (κ1) is 15.8. The van der Waals surface area contributed by atoms with Crippen LogP contribution in [0.1, 0.15) is 43.0 Å². The van der Waals surface area contributed by atoms with E-state index in [9.17, 15) is 4.79 Å². The number of piperidine rings is 1. The molecular weight excluding hydrogens is 266 g/mol. The number of carbonyl (C=O) groups excluding carboxylic acids is 1. The molecule has 0 amide bonds. The van der Waals surface area contributed by atoms with E-state index in [1.165, 1.54) is 0 Å². The van der Waals surface area contributed by atoms with E-state index in [0.717, 1.165) is 38.8 Å². The van der Waals surface area contributed by atoms with Crippen molar-refractivity contribution in [1.82, 2.24) is 5.32 Å². The van der Waals surface area contributed by atoms with Crippen molar-refractivity contribution in [1.29, 1.82) is 0 Å². The van der Waals surface area contributed by atoms with Crippen molar-refractivity contribution in [3.05, 3.63) is 23.8 Å². The fourth-order valence-electron chi connectivity index (χ4n) is 3.21. The van der Waals surface area contributed by atoms with Crippen molar-refractivity contribution >= 4 is 5.78 Å². The zero-order valence-electron chi connectivity index (χ0n) is 13.2. The molecule has 1 heterocycles. The predicted molar refractivity (Wildman–Crippen MR) is 83.3 cm³/mol. The lowest BCUT2D eigenvalue weighted by molar-refractivity contribution is 0.0717. The molecule has 1 fully saturated rings. The van der Waals surface area contributed by atoms with Gasteiger partial charge in [-0.05, 0) is 37.9 Å². The van der Waals surface area contributed by atoms with Crippen LogP contribution in [0, 0.1) is 5.41 Å². The molecule has 1 aromatic carbocycles. The second kappa shape index (κ2) is 6.94. The van der Waals surface area contributed by atoms with E-state index in [1.54, 1.807) is 20.3 Å². The molecule has 0 saturated carbocycles. The van der Waals surface area contributed by atoms with Crippen LogP contribution in [-0.2, 0) is 0 Å². The fourth-order valence-corrected chi connectivity index (χ4v) is 3.21. The SMILES string of the molecule is CCCC1(C(=O)c2cc(OC)cc(OC)c2)CCCNC1. The van der Waals surface area contributed by atoms with Crippen LogP contribution in [0.25, 0.3) is 0 Å². The van der Waals surface area contributed by atoms with Gasteiger partial charge in [0.25, 0.3) is 0 Å². The molecule has 1 N–H and O–H groups in total. The minimum absolute atomic E-state index is 0.203. The maximum absolute atomic E-state index is 13.1. The minimum atomic E-state index is -0.287. The minimum Gasteiger partial charge on any atom is -0.497 e. The number of hydrogen-bond acceptors (Lipinski definition) is 4. The van der Waals surface area contributed by atoms with Crippen molar-refractivity contribution < 1.29 is 14.3 Å². The Morgan fingerprint density at radius 1 is 1.24 bits per heavy atom. The van der Waals surface area contributed by atoms with Gasteiger partial charge in [0.2, 0.25) is 0 Å². The van der Waals surface area contributed by atoms with Crippen molar-refractivity contribution in [3.8, 4) is 11.5 Å². The Balaban J connectivity index is 2.36. The van der Waals surface area contributed by atoms with Crippen LogP contribution in [0.5, 0.6) is 11.5 Å². The third-order valence-electron chi connectivity index (χ3n) is 4.30. The lowest BCUT2D eigenvalue weighted by atomic mass is 9.71. The van der Waals surface area contributed by atoms with Gasteiger partial charge >= 0.3 is 0 Å². The van der Waals surface area contributed by atoms with Crippen molar-refractivity contribution in [2.24, 2.45) is 5.41 Å². The average Bonchev–Trinajstić information content (AvgIpc) is 2.54. The molecule has 0 bridgehead atoms. The number of hydrogen-bond donors (Lipinski definition) is 1. The normalized spacial score (nSPS) is 21.9. The largest absolute Gasteiger partial charge is 0.497 e. The molecular formula is C17H25NO3. The van der Waals surface area contributed by atoms with E-state index < -0.39 is 0 Å². The Hall–Kier alpha value is -1.55. The van der Waals surface area contributed by atoms with Crippen LogP contribution in [0.4, 0.5) is 0 Å². The zero-order chi connectivity index (χ0) is 15.3. The van der Waals surface area contributed by atoms with Crippen LogP contribution in [0.3, 0.4) is 0 Å². The van der Waals surface area contributed by atoms with Gasteiger partial charge in [0.05, 0.1) is 14.2 Å². The number of benzene rings is 1. The first-order valence-electron chi connectivity index (χ1n) is 7.64. The molecule has 1 unspecified atom stereocenters. The quantitative estimate of drug-likeness (QED) is 0.818. The Kier molecular flexibility index (Phi) is 5.23. The number of ketones is 1. The lowest BCUT2D eigenvalue weighted by Crippen LogP contribution is -2.45. The summed E-state index contributed by atoms with van der Waals surface area (Å²) >= 11 is 0. The molecule has 1 aromatic rings. The highest BCUT2D eigenvalue weighted by molar-refractivity contribution is 6.01. The van der Waals surface area contributed by atoms with Gasteiger partial charge in [-0.25, -0.2) is 0 Å². The van der Waals surface area contributed by atoms with E-state index in [-0.39, 0.29) is 11.2 Å². The van der Waals surface area contributed by atoms with E-state index in [0.29, 0.717) is 17.1 Å². The van der Waals surface area contributed by atoms with Gasteiger partial charge in [-0.3, -0.25) is 4.79 Å². The van der Waals surface area contributed by atoms with Crippen LogP contribution >= 0.6 is 0 Å². The molecule has 21 heavy (non-hydrogen) atoms. The van der Waals surface area contributed by atoms with E-state index in [2.05, 4.69) is 12.2 Å². The molecule has 1 aliphatic rings. The van der Waals surface area contributed by atoms with Gasteiger partial charge in [0.15, 0.2) is 5.78 Å². The Morgan fingerprint density at radius 2 is 1.90 bits per heavy atom. The Bertz CT molecular complexity index is 465. The molecule has 4 nitrogen and oxygen atoms in total. The third kappa shape index (κ3) is 3.38. The number of carbonyl (C=O) groups is 1. The highest BCUT2D eigenvalue weighted by atomic mass is 16.5. The summed E-state index contributed by atoms with van der Waals surface area (Å²) in [5.74, 6) is 1.52. The second-order valence-corrected chi connectivity index (χ2v) is 5.74. The number of ether oxygens (including phenoxy) is 2. The lowest BCUT2D eigenvalue weighted by Gasteiger charge is -2.36. The summed E-state index contributed by atoms with van der Waals surface area (Å²) in [6.07, 6.45) is 3.92. The molecule has 1 saturated heterocycles. The summed E-state index contributed by atoms with van der Waals surface area (Å²) in [6.45, 7) is 3.90.